The van der Waals surface area contributed by atoms with Crippen LogP contribution in [0.25, 0.3) is 0 Å². The van der Waals surface area contributed by atoms with Gasteiger partial charge in [0.2, 0.25) is 15.9 Å². The summed E-state index contributed by atoms with van der Waals surface area (Å²) in [4.78, 5) is 16.0. The molecule has 4 rings (SSSR count). The number of carbonyl (C=O) groups is 1. The smallest absolute Gasteiger partial charge is 0.243 e. The molecule has 160 valence electrons. The first-order valence-electron chi connectivity index (χ1n) is 10.2. The van der Waals surface area contributed by atoms with Crippen molar-refractivity contribution in [1.29, 1.82) is 0 Å². The summed E-state index contributed by atoms with van der Waals surface area (Å²) in [5.41, 5.74) is 3.91. The Morgan fingerprint density at radius 1 is 1.03 bits per heavy atom. The summed E-state index contributed by atoms with van der Waals surface area (Å²) in [6.07, 6.45) is 1.82. The van der Waals surface area contributed by atoms with Gasteiger partial charge >= 0.3 is 0 Å². The highest BCUT2D eigenvalue weighted by molar-refractivity contribution is 7.99. The van der Waals surface area contributed by atoms with E-state index in [4.69, 9.17) is 0 Å². The number of carbonyl (C=O) groups excluding carboxylic acids is 1. The van der Waals surface area contributed by atoms with E-state index in [0.717, 1.165) is 40.4 Å². The minimum Gasteiger partial charge on any atom is -0.360 e. The maximum atomic E-state index is 13.0. The Hall–Kier alpha value is -2.03. The van der Waals surface area contributed by atoms with Crippen molar-refractivity contribution in [2.24, 2.45) is 0 Å². The second kappa shape index (κ2) is 8.61. The molecule has 6 nitrogen and oxygen atoms in total. The van der Waals surface area contributed by atoms with E-state index in [1.165, 1.54) is 5.56 Å². The van der Waals surface area contributed by atoms with Gasteiger partial charge in [0.1, 0.15) is 0 Å². The third-order valence-electron chi connectivity index (χ3n) is 5.72. The molecule has 0 spiro atoms. The third kappa shape index (κ3) is 4.36. The summed E-state index contributed by atoms with van der Waals surface area (Å²) in [5, 5.41) is 2.96. The molecule has 0 radical (unpaired) electrons. The molecule has 8 heteroatoms. The largest absolute Gasteiger partial charge is 0.360 e. The summed E-state index contributed by atoms with van der Waals surface area (Å²) in [6, 6.07) is 11.2. The topological polar surface area (TPSA) is 69.7 Å². The average Bonchev–Trinajstić information content (AvgIpc) is 3.26. The summed E-state index contributed by atoms with van der Waals surface area (Å²) < 4.78 is 27.5. The van der Waals surface area contributed by atoms with E-state index in [1.54, 1.807) is 28.2 Å². The van der Waals surface area contributed by atoms with E-state index in [9.17, 15) is 13.2 Å². The predicted molar refractivity (Wildman–Crippen MR) is 122 cm³/mol. The molecule has 0 atom stereocenters. The molecule has 0 unspecified atom stereocenters. The molecular weight excluding hydrogens is 418 g/mol. The Balaban J connectivity index is 1.53. The fraction of sp³-hybridized carbons (Fsp3) is 0.409. The van der Waals surface area contributed by atoms with Crippen LogP contribution in [0.5, 0.6) is 0 Å². The summed E-state index contributed by atoms with van der Waals surface area (Å²) >= 11 is 1.70. The van der Waals surface area contributed by atoms with Crippen LogP contribution in [0.3, 0.4) is 0 Å². The van der Waals surface area contributed by atoms with E-state index in [0.29, 0.717) is 24.5 Å². The molecule has 0 bridgehead atoms. The zero-order valence-electron chi connectivity index (χ0n) is 17.3. The Morgan fingerprint density at radius 3 is 2.53 bits per heavy atom. The molecule has 2 aliphatic rings. The number of aryl methyl sites for hydroxylation is 2. The zero-order chi connectivity index (χ0) is 21.3. The van der Waals surface area contributed by atoms with Gasteiger partial charge in [0, 0.05) is 36.0 Å². The van der Waals surface area contributed by atoms with Crippen molar-refractivity contribution in [2.75, 3.05) is 42.1 Å². The molecule has 2 aromatic rings. The number of nitrogens with zero attached hydrogens (tertiary/aromatic N) is 2. The van der Waals surface area contributed by atoms with Crippen LogP contribution in [-0.4, -0.2) is 50.6 Å². The van der Waals surface area contributed by atoms with Gasteiger partial charge in [-0.25, -0.2) is 8.42 Å². The number of sulfonamides is 1. The van der Waals surface area contributed by atoms with Gasteiger partial charge < -0.3 is 10.2 Å². The molecule has 1 fully saturated rings. The second-order valence-corrected chi connectivity index (χ2v) is 10.9. The van der Waals surface area contributed by atoms with Crippen LogP contribution in [0.4, 0.5) is 11.4 Å². The van der Waals surface area contributed by atoms with Gasteiger partial charge in [0.05, 0.1) is 17.1 Å². The van der Waals surface area contributed by atoms with Gasteiger partial charge in [-0.1, -0.05) is 6.07 Å². The first-order chi connectivity index (χ1) is 14.3. The van der Waals surface area contributed by atoms with Crippen molar-refractivity contribution in [3.8, 4) is 0 Å². The van der Waals surface area contributed by atoms with Crippen LogP contribution in [0, 0.1) is 13.8 Å². The van der Waals surface area contributed by atoms with Crippen molar-refractivity contribution in [1.82, 2.24) is 4.31 Å². The van der Waals surface area contributed by atoms with E-state index < -0.39 is 10.0 Å². The lowest BCUT2D eigenvalue weighted by molar-refractivity contribution is -0.115. The number of hydrogen-bond donors (Lipinski definition) is 1. The number of amides is 1. The SMILES string of the molecule is Cc1ccc(NC(=O)CN2CCSc3ccc(S(=O)(=O)N4CCCC4)cc32)cc1C. The Kier molecular flexibility index (Phi) is 6.09. The maximum absolute atomic E-state index is 13.0. The van der Waals surface area contributed by atoms with Crippen molar-refractivity contribution < 1.29 is 13.2 Å². The minimum atomic E-state index is -3.48. The Bertz CT molecular complexity index is 1060. The lowest BCUT2D eigenvalue weighted by Gasteiger charge is -2.31. The van der Waals surface area contributed by atoms with E-state index in [-0.39, 0.29) is 12.5 Å². The Labute approximate surface area is 182 Å². The lowest BCUT2D eigenvalue weighted by atomic mass is 10.1. The molecular formula is C22H27N3O3S2. The molecule has 0 aliphatic carbocycles. The molecule has 0 saturated carbocycles. The Morgan fingerprint density at radius 2 is 1.80 bits per heavy atom. The maximum Gasteiger partial charge on any atom is 0.243 e. The highest BCUT2D eigenvalue weighted by Crippen LogP contribution is 2.37. The second-order valence-electron chi connectivity index (χ2n) is 7.86. The monoisotopic (exact) mass is 445 g/mol. The number of anilines is 2. The van der Waals surface area contributed by atoms with E-state index >= 15 is 0 Å². The van der Waals surface area contributed by atoms with Gasteiger partial charge in [-0.15, -0.1) is 11.8 Å². The number of hydrogen-bond acceptors (Lipinski definition) is 5. The molecule has 1 N–H and O–H groups in total. The van der Waals surface area contributed by atoms with Crippen LogP contribution in [0.2, 0.25) is 0 Å². The molecule has 2 heterocycles. The summed E-state index contributed by atoms with van der Waals surface area (Å²) in [7, 11) is -3.48. The number of benzene rings is 2. The molecule has 2 aromatic carbocycles. The third-order valence-corrected chi connectivity index (χ3v) is 8.66. The lowest BCUT2D eigenvalue weighted by Crippen LogP contribution is -2.37. The molecule has 30 heavy (non-hydrogen) atoms. The highest BCUT2D eigenvalue weighted by Gasteiger charge is 2.29. The minimum absolute atomic E-state index is 0.107. The summed E-state index contributed by atoms with van der Waals surface area (Å²) in [6.45, 7) is 6.11. The van der Waals surface area contributed by atoms with E-state index in [2.05, 4.69) is 5.32 Å². The van der Waals surface area contributed by atoms with Gasteiger partial charge in [-0.05, 0) is 68.1 Å². The standard InChI is InChI=1S/C22H27N3O3S2/c1-16-5-6-18(13-17(16)2)23-22(26)15-24-11-12-29-21-8-7-19(14-20(21)24)30(27,28)25-9-3-4-10-25/h5-8,13-14H,3-4,9-12,15H2,1-2H3,(H,23,26). The van der Waals surface area contributed by atoms with Gasteiger partial charge in [0.15, 0.2) is 0 Å². The van der Waals surface area contributed by atoms with Crippen molar-refractivity contribution in [3.63, 3.8) is 0 Å². The van der Waals surface area contributed by atoms with Gasteiger partial charge in [-0.2, -0.15) is 4.31 Å². The quantitative estimate of drug-likeness (QED) is 0.761. The van der Waals surface area contributed by atoms with Crippen molar-refractivity contribution in [2.45, 2.75) is 36.5 Å². The van der Waals surface area contributed by atoms with Crippen molar-refractivity contribution >= 4 is 39.1 Å². The first kappa shape index (κ1) is 21.2. The molecule has 2 aliphatic heterocycles. The van der Waals surface area contributed by atoms with Gasteiger partial charge in [0.25, 0.3) is 0 Å². The number of fused-ring (bicyclic) bond motifs is 1. The van der Waals surface area contributed by atoms with Crippen LogP contribution >= 0.6 is 11.8 Å². The van der Waals surface area contributed by atoms with Crippen LogP contribution in [-0.2, 0) is 14.8 Å². The number of thioether (sulfide) groups is 1. The van der Waals surface area contributed by atoms with E-state index in [1.807, 2.05) is 43.0 Å². The number of rotatable bonds is 5. The zero-order valence-corrected chi connectivity index (χ0v) is 19.0. The van der Waals surface area contributed by atoms with Crippen LogP contribution in [0.15, 0.2) is 46.2 Å². The average molecular weight is 446 g/mol. The van der Waals surface area contributed by atoms with Crippen LogP contribution < -0.4 is 10.2 Å². The van der Waals surface area contributed by atoms with Crippen molar-refractivity contribution in [3.05, 3.63) is 47.5 Å². The highest BCUT2D eigenvalue weighted by atomic mass is 32.2. The molecule has 1 amide bonds. The van der Waals surface area contributed by atoms with Gasteiger partial charge in [-0.3, -0.25) is 4.79 Å². The molecule has 0 aromatic heterocycles. The first-order valence-corrected chi connectivity index (χ1v) is 12.7. The molecule has 1 saturated heterocycles. The van der Waals surface area contributed by atoms with Crippen LogP contribution in [0.1, 0.15) is 24.0 Å². The number of nitrogens with one attached hydrogen (secondary N) is 1. The fourth-order valence-corrected chi connectivity index (χ4v) is 6.42. The fourth-order valence-electron chi connectivity index (χ4n) is 3.85. The predicted octanol–water partition coefficient (Wildman–Crippen LogP) is 3.64. The normalized spacial score (nSPS) is 17.1. The summed E-state index contributed by atoms with van der Waals surface area (Å²) in [5.74, 6) is 0.756.